The lowest BCUT2D eigenvalue weighted by Gasteiger charge is -2.34. The molecule has 9 heterocycles. The normalized spacial score (nSPS) is 18.6. The molecular weight excluding hydrogens is 1460 g/mol. The molecule has 5 aliphatic rings. The summed E-state index contributed by atoms with van der Waals surface area (Å²) in [6, 6.07) is 39.6. The molecule has 115 heavy (non-hydrogen) atoms. The highest BCUT2D eigenvalue weighted by atomic mass is 16.6. The van der Waals surface area contributed by atoms with Crippen molar-refractivity contribution >= 4 is 63.6 Å². The van der Waals surface area contributed by atoms with Gasteiger partial charge in [0, 0.05) is 50.5 Å². The summed E-state index contributed by atoms with van der Waals surface area (Å²) in [4.78, 5) is 130. The molecule has 0 unspecified atom stereocenters. The van der Waals surface area contributed by atoms with Gasteiger partial charge < -0.3 is 74.3 Å². The zero-order valence-corrected chi connectivity index (χ0v) is 66.9. The highest BCUT2D eigenvalue weighted by Gasteiger charge is 2.43. The predicted molar refractivity (Wildman–Crippen MR) is 436 cm³/mol. The lowest BCUT2D eigenvalue weighted by Crippen LogP contribution is -2.53. The van der Waals surface area contributed by atoms with Gasteiger partial charge in [-0.05, 0) is 182 Å². The molecule has 27 nitrogen and oxygen atoms in total. The minimum Gasteiger partial charge on any atom is -0.453 e. The number of amides is 7. The number of hydrogen-bond acceptors (Lipinski definition) is 16. The maximum absolute atomic E-state index is 14.0. The van der Waals surface area contributed by atoms with E-state index in [0.717, 1.165) is 163 Å². The number of nitrogens with one attached hydrogen (secondary N) is 7. The van der Waals surface area contributed by atoms with Gasteiger partial charge in [-0.25, -0.2) is 39.1 Å². The smallest absolute Gasteiger partial charge is 0.410 e. The molecule has 7 atom stereocenters. The van der Waals surface area contributed by atoms with Crippen LogP contribution >= 0.6 is 0 Å². The summed E-state index contributed by atoms with van der Waals surface area (Å²) < 4.78 is 25.6. The molecule has 6 aromatic carbocycles. The SMILES string of the molecule is COC(=O)N[C@H](C(=O)N1CCC[C@H]1c1ncc(-c2ccc(-c3ccc4cc(-c5cnc([C@@H]6CCCN6C(=O)OC(C)(C)C)[nH]5)ccc4c3)cc2)[nH]1)C(C)C.COC(=O)N[C@H](C(=O)N1CCC[C@H]1c1ncc(-c2ccc(-c3ccc4cc(-c5cnc([C@@H]6CCCN6C(=O)[C@@H](NC(=O)OC)C6CCOCC6)[nH]5)ccc4c3)cc2)[nH]1)C(C)C. The number of ether oxygens (including phenoxy) is 5. The third kappa shape index (κ3) is 17.9. The van der Waals surface area contributed by atoms with Crippen LogP contribution in [0.4, 0.5) is 19.2 Å². The van der Waals surface area contributed by atoms with Crippen molar-refractivity contribution in [3.05, 3.63) is 169 Å². The molecule has 5 fully saturated rings. The van der Waals surface area contributed by atoms with Crippen molar-refractivity contribution in [2.75, 3.05) is 60.7 Å². The molecule has 15 rings (SSSR count). The van der Waals surface area contributed by atoms with Crippen LogP contribution in [-0.2, 0) is 38.1 Å². The summed E-state index contributed by atoms with van der Waals surface area (Å²) in [5.74, 6) is 2.36. The minimum atomic E-state index is -0.688. The van der Waals surface area contributed by atoms with Crippen molar-refractivity contribution in [3.63, 3.8) is 0 Å². The molecule has 0 aliphatic carbocycles. The molecule has 0 spiro atoms. The molecule has 602 valence electrons. The molecule has 0 bridgehead atoms. The summed E-state index contributed by atoms with van der Waals surface area (Å²) in [6.07, 6.45) is 13.2. The lowest BCUT2D eigenvalue weighted by molar-refractivity contribution is -0.137. The van der Waals surface area contributed by atoms with E-state index in [1.807, 2.05) is 88.0 Å². The summed E-state index contributed by atoms with van der Waals surface area (Å²) in [5.41, 5.74) is 11.4. The number of rotatable bonds is 19. The van der Waals surface area contributed by atoms with E-state index in [0.29, 0.717) is 52.2 Å². The topological polar surface area (TPSA) is 329 Å². The third-order valence-corrected chi connectivity index (χ3v) is 22.7. The van der Waals surface area contributed by atoms with Gasteiger partial charge in [-0.3, -0.25) is 19.3 Å². The van der Waals surface area contributed by atoms with Gasteiger partial charge in [0.05, 0.1) is 93.1 Å². The summed E-state index contributed by atoms with van der Waals surface area (Å²) >= 11 is 0. The summed E-state index contributed by atoms with van der Waals surface area (Å²) in [7, 11) is 3.90. The van der Waals surface area contributed by atoms with Crippen LogP contribution < -0.4 is 16.0 Å². The third-order valence-electron chi connectivity index (χ3n) is 22.7. The number of imidazole rings is 4. The Labute approximate surface area is 668 Å². The Hall–Kier alpha value is -11.9. The number of hydrogen-bond donors (Lipinski definition) is 7. The van der Waals surface area contributed by atoms with E-state index < -0.39 is 42.0 Å². The summed E-state index contributed by atoms with van der Waals surface area (Å²) in [6.45, 7) is 16.8. The van der Waals surface area contributed by atoms with Gasteiger partial charge in [-0.2, -0.15) is 0 Å². The first-order chi connectivity index (χ1) is 55.5. The highest BCUT2D eigenvalue weighted by molar-refractivity contribution is 5.93. The first kappa shape index (κ1) is 79.8. The molecule has 10 aromatic rings. The van der Waals surface area contributed by atoms with Gasteiger partial charge in [0.2, 0.25) is 17.7 Å². The first-order valence-corrected chi connectivity index (χ1v) is 40.0. The average molecular weight is 1560 g/mol. The zero-order chi connectivity index (χ0) is 80.8. The maximum atomic E-state index is 14.0. The Morgan fingerprint density at radius 1 is 0.400 bits per heavy atom. The van der Waals surface area contributed by atoms with E-state index in [9.17, 15) is 33.6 Å². The minimum absolute atomic E-state index is 0.0275. The van der Waals surface area contributed by atoms with Gasteiger partial charge in [0.15, 0.2) is 0 Å². The number of aromatic nitrogens is 8. The van der Waals surface area contributed by atoms with Gasteiger partial charge in [-0.15, -0.1) is 0 Å². The molecule has 0 saturated carbocycles. The zero-order valence-electron chi connectivity index (χ0n) is 66.9. The highest BCUT2D eigenvalue weighted by Crippen LogP contribution is 2.40. The number of methoxy groups -OCH3 is 3. The van der Waals surface area contributed by atoms with Crippen LogP contribution in [0.15, 0.2) is 146 Å². The standard InChI is InChI=1S/C46H54N8O7.C42H49N7O5/c1-27(2)39(51-45(57)59-3)43(55)53-19-5-7-37(53)41-47-25-35(49-41)29-11-9-28(10-12-29)31-13-14-33-24-34(16-15-32(33)23-31)36-26-48-42(50-36)38-8-6-20-54(38)44(56)40(52-46(58)60-4)30-17-21-61-22-18-30;1-25(2)36(47-40(51)53-6)39(50)48-19-7-9-34(48)37-43-23-32(45-37)27-13-11-26(12-14-27)28-15-16-30-22-31(18-17-29(30)21-28)33-24-44-38(46-33)35-10-8-20-49(35)41(52)54-42(3,4)5/h9-16,23-27,30,37-40H,5-8,17-22H2,1-4H3,(H,47,49)(H,48,50)(H,51,57)(H,52,58);11-18,21-25,34-36H,7-10,19-20H2,1-6H3,(H,43,45)(H,44,46)(H,47,51)/t37-,38-,39-,40-;34-,35-,36-/m00/s1. The second-order valence-electron chi connectivity index (χ2n) is 32.1. The Morgan fingerprint density at radius 2 is 0.704 bits per heavy atom. The number of carbonyl (C=O) groups is 7. The monoisotopic (exact) mass is 1560 g/mol. The van der Waals surface area contributed by atoms with Gasteiger partial charge in [-0.1, -0.05) is 125 Å². The number of alkyl carbamates (subject to hydrolysis) is 3. The summed E-state index contributed by atoms with van der Waals surface area (Å²) in [5, 5.41) is 12.7. The maximum Gasteiger partial charge on any atom is 0.410 e. The molecule has 5 saturated heterocycles. The molecule has 27 heteroatoms. The first-order valence-electron chi connectivity index (χ1n) is 40.0. The largest absolute Gasteiger partial charge is 0.453 e. The van der Waals surface area contributed by atoms with E-state index in [2.05, 4.69) is 167 Å². The molecule has 7 amide bonds. The van der Waals surface area contributed by atoms with Crippen LogP contribution in [0.1, 0.15) is 160 Å². The fourth-order valence-corrected chi connectivity index (χ4v) is 16.6. The van der Waals surface area contributed by atoms with Crippen LogP contribution in [0, 0.1) is 17.8 Å². The molecule has 5 aliphatic heterocycles. The second kappa shape index (κ2) is 34.8. The molecule has 0 radical (unpaired) electrons. The van der Waals surface area contributed by atoms with Crippen LogP contribution in [0.5, 0.6) is 0 Å². The predicted octanol–water partition coefficient (Wildman–Crippen LogP) is 15.5. The van der Waals surface area contributed by atoms with Crippen LogP contribution in [-0.4, -0.2) is 186 Å². The Balaban J connectivity index is 0.000000191. The van der Waals surface area contributed by atoms with Gasteiger partial charge in [0.25, 0.3) is 0 Å². The number of fused-ring (bicyclic) bond motifs is 2. The molecule has 7 N–H and O–H groups in total. The fraction of sp³-hybridized carbons (Fsp3) is 0.420. The van der Waals surface area contributed by atoms with Crippen molar-refractivity contribution in [2.45, 2.75) is 161 Å². The second-order valence-corrected chi connectivity index (χ2v) is 32.1. The average Bonchev–Trinajstić information content (AvgIpc) is 1.75. The van der Waals surface area contributed by atoms with E-state index in [1.54, 1.807) is 4.90 Å². The lowest BCUT2D eigenvalue weighted by atomic mass is 9.90. The Bertz CT molecular complexity index is 5150. The number of carbonyl (C=O) groups excluding carboxylic acids is 7. The van der Waals surface area contributed by atoms with Gasteiger partial charge >= 0.3 is 24.4 Å². The van der Waals surface area contributed by atoms with Crippen molar-refractivity contribution in [1.82, 2.24) is 75.4 Å². The Morgan fingerprint density at radius 3 is 1.06 bits per heavy atom. The number of likely N-dealkylation sites (tertiary alicyclic amines) is 4. The fourth-order valence-electron chi connectivity index (χ4n) is 16.6. The van der Waals surface area contributed by atoms with Crippen LogP contribution in [0.3, 0.4) is 0 Å². The molecule has 4 aromatic heterocycles. The number of aromatic amines is 4. The number of H-pyrrole nitrogens is 4. The number of nitrogens with zero attached hydrogens (tertiary/aromatic N) is 8. The van der Waals surface area contributed by atoms with Crippen molar-refractivity contribution in [1.29, 1.82) is 0 Å². The molecular formula is C88H103N15O12. The van der Waals surface area contributed by atoms with Crippen molar-refractivity contribution in [2.24, 2.45) is 17.8 Å². The van der Waals surface area contributed by atoms with E-state index in [-0.39, 0.29) is 65.7 Å². The van der Waals surface area contributed by atoms with E-state index >= 15 is 0 Å². The van der Waals surface area contributed by atoms with E-state index in [4.69, 9.17) is 33.7 Å². The van der Waals surface area contributed by atoms with Gasteiger partial charge in [0.1, 0.15) is 47.0 Å². The quantitative estimate of drug-likeness (QED) is 0.0370. The van der Waals surface area contributed by atoms with Crippen molar-refractivity contribution < 1.29 is 57.2 Å². The van der Waals surface area contributed by atoms with E-state index in [1.165, 1.54) is 21.3 Å². The van der Waals surface area contributed by atoms with Crippen LogP contribution in [0.2, 0.25) is 0 Å². The number of benzene rings is 6. The van der Waals surface area contributed by atoms with Crippen LogP contribution in [0.25, 0.3) is 88.8 Å². The Kier molecular flexibility index (Phi) is 24.2. The van der Waals surface area contributed by atoms with Crippen molar-refractivity contribution in [3.8, 4) is 67.3 Å².